The van der Waals surface area contributed by atoms with E-state index in [4.69, 9.17) is 16.3 Å². The molecule has 1 aromatic carbocycles. The van der Waals surface area contributed by atoms with Crippen LogP contribution in [0, 0.1) is 0 Å². The predicted molar refractivity (Wildman–Crippen MR) is 79.9 cm³/mol. The van der Waals surface area contributed by atoms with E-state index in [-0.39, 0.29) is 12.2 Å². The lowest BCUT2D eigenvalue weighted by molar-refractivity contribution is 0.0991. The van der Waals surface area contributed by atoms with Crippen molar-refractivity contribution in [3.05, 3.63) is 46.7 Å². The van der Waals surface area contributed by atoms with Crippen LogP contribution in [0.1, 0.15) is 16.1 Å². The van der Waals surface area contributed by atoms with Crippen molar-refractivity contribution in [2.75, 3.05) is 13.4 Å². The second-order valence-electron chi connectivity index (χ2n) is 3.98. The summed E-state index contributed by atoms with van der Waals surface area (Å²) >= 11 is 7.38. The van der Waals surface area contributed by atoms with Crippen LogP contribution in [-0.4, -0.2) is 29.1 Å². The Morgan fingerprint density at radius 3 is 2.90 bits per heavy atom. The van der Waals surface area contributed by atoms with Gasteiger partial charge in [-0.25, -0.2) is 9.97 Å². The number of carbonyl (C=O) groups is 1. The van der Waals surface area contributed by atoms with Crippen molar-refractivity contribution in [3.63, 3.8) is 0 Å². The number of methoxy groups -OCH3 is 1. The number of halogens is 1. The van der Waals surface area contributed by atoms with Gasteiger partial charge >= 0.3 is 0 Å². The van der Waals surface area contributed by atoms with E-state index in [2.05, 4.69) is 9.97 Å². The molecule has 0 aliphatic rings. The maximum Gasteiger partial charge on any atom is 0.187 e. The van der Waals surface area contributed by atoms with Crippen molar-refractivity contribution < 1.29 is 9.53 Å². The maximum absolute atomic E-state index is 12.2. The van der Waals surface area contributed by atoms with E-state index in [0.717, 1.165) is 0 Å². The minimum absolute atomic E-state index is 0.0364. The van der Waals surface area contributed by atoms with Gasteiger partial charge in [0.1, 0.15) is 5.75 Å². The molecule has 0 atom stereocenters. The molecule has 20 heavy (non-hydrogen) atoms. The Hall–Kier alpha value is -1.59. The zero-order valence-electron chi connectivity index (χ0n) is 11.1. The first kappa shape index (κ1) is 14.8. The summed E-state index contributed by atoms with van der Waals surface area (Å²) in [5, 5.41) is 1.14. The molecule has 104 valence electrons. The van der Waals surface area contributed by atoms with Gasteiger partial charge in [0.25, 0.3) is 0 Å². The van der Waals surface area contributed by atoms with Crippen LogP contribution < -0.4 is 4.74 Å². The Labute approximate surface area is 126 Å². The third-order valence-electron chi connectivity index (χ3n) is 2.69. The summed E-state index contributed by atoms with van der Waals surface area (Å²) in [6.07, 6.45) is 3.77. The summed E-state index contributed by atoms with van der Waals surface area (Å²) in [6, 6.07) is 6.72. The smallest absolute Gasteiger partial charge is 0.187 e. The Bertz CT molecular complexity index is 634. The molecular formula is C14H13ClN2O2S. The second kappa shape index (κ2) is 6.72. The molecule has 0 unspecified atom stereocenters. The average molecular weight is 309 g/mol. The Kier molecular flexibility index (Phi) is 4.98. The van der Waals surface area contributed by atoms with Gasteiger partial charge in [0.05, 0.1) is 24.2 Å². The number of carbonyl (C=O) groups excluding carboxylic acids is 1. The molecular weight excluding hydrogens is 296 g/mol. The largest absolute Gasteiger partial charge is 0.495 e. The molecule has 0 fully saturated rings. The van der Waals surface area contributed by atoms with Gasteiger partial charge in [0.15, 0.2) is 10.9 Å². The number of Topliss-reactive ketones (excluding diaryl/α,β-unsaturated/α-hetero) is 1. The number of rotatable bonds is 5. The van der Waals surface area contributed by atoms with Gasteiger partial charge in [-0.3, -0.25) is 4.79 Å². The second-order valence-corrected chi connectivity index (χ2v) is 5.16. The summed E-state index contributed by atoms with van der Waals surface area (Å²) in [4.78, 5) is 20.6. The topological polar surface area (TPSA) is 52.1 Å². The van der Waals surface area contributed by atoms with Crippen LogP contribution in [0.25, 0.3) is 0 Å². The van der Waals surface area contributed by atoms with Gasteiger partial charge in [0.2, 0.25) is 0 Å². The van der Waals surface area contributed by atoms with Gasteiger partial charge < -0.3 is 4.74 Å². The fourth-order valence-electron chi connectivity index (χ4n) is 1.67. The maximum atomic E-state index is 12.2. The minimum atomic E-state index is -0.0364. The lowest BCUT2D eigenvalue weighted by atomic mass is 10.1. The van der Waals surface area contributed by atoms with Crippen LogP contribution in [0.15, 0.2) is 35.6 Å². The molecule has 0 aliphatic carbocycles. The van der Waals surface area contributed by atoms with Gasteiger partial charge in [-0.2, -0.15) is 0 Å². The summed E-state index contributed by atoms with van der Waals surface area (Å²) in [7, 11) is 1.52. The van der Waals surface area contributed by atoms with E-state index in [1.165, 1.54) is 18.9 Å². The van der Waals surface area contributed by atoms with Gasteiger partial charge in [-0.05, 0) is 30.5 Å². The fraction of sp³-hybridized carbons (Fsp3) is 0.214. The number of ketones is 1. The monoisotopic (exact) mass is 308 g/mol. The molecule has 1 heterocycles. The molecule has 0 saturated carbocycles. The molecule has 2 rings (SSSR count). The molecule has 0 saturated heterocycles. The number of ether oxygens (including phenoxy) is 1. The minimum Gasteiger partial charge on any atom is -0.495 e. The summed E-state index contributed by atoms with van der Waals surface area (Å²) in [6.45, 7) is 0. The first-order chi connectivity index (χ1) is 9.63. The number of aromatic nitrogens is 2. The highest BCUT2D eigenvalue weighted by molar-refractivity contribution is 7.98. The van der Waals surface area contributed by atoms with E-state index in [1.807, 2.05) is 6.26 Å². The highest BCUT2D eigenvalue weighted by Crippen LogP contribution is 2.25. The number of nitrogens with zero attached hydrogens (tertiary/aromatic N) is 2. The van der Waals surface area contributed by atoms with E-state index in [9.17, 15) is 4.79 Å². The van der Waals surface area contributed by atoms with Crippen LogP contribution in [-0.2, 0) is 6.42 Å². The average Bonchev–Trinajstić information content (AvgIpc) is 2.47. The first-order valence-electron chi connectivity index (χ1n) is 5.86. The van der Waals surface area contributed by atoms with E-state index in [1.54, 1.807) is 30.5 Å². The zero-order chi connectivity index (χ0) is 14.5. The van der Waals surface area contributed by atoms with E-state index in [0.29, 0.717) is 27.2 Å². The number of thioether (sulfide) groups is 1. The first-order valence-corrected chi connectivity index (χ1v) is 7.47. The summed E-state index contributed by atoms with van der Waals surface area (Å²) in [5.41, 5.74) is 1.25. The quantitative estimate of drug-likeness (QED) is 0.482. The van der Waals surface area contributed by atoms with Crippen molar-refractivity contribution in [1.29, 1.82) is 0 Å². The van der Waals surface area contributed by atoms with Crippen LogP contribution >= 0.6 is 23.4 Å². The molecule has 1 aromatic heterocycles. The molecule has 0 bridgehead atoms. The van der Waals surface area contributed by atoms with Crippen molar-refractivity contribution in [2.24, 2.45) is 0 Å². The van der Waals surface area contributed by atoms with Crippen molar-refractivity contribution in [3.8, 4) is 5.75 Å². The number of hydrogen-bond acceptors (Lipinski definition) is 5. The predicted octanol–water partition coefficient (Wildman–Crippen LogP) is 3.29. The van der Waals surface area contributed by atoms with E-state index >= 15 is 0 Å². The van der Waals surface area contributed by atoms with E-state index < -0.39 is 0 Å². The van der Waals surface area contributed by atoms with Crippen molar-refractivity contribution in [2.45, 2.75) is 11.6 Å². The lowest BCUT2D eigenvalue weighted by Gasteiger charge is -2.06. The number of benzene rings is 1. The van der Waals surface area contributed by atoms with Crippen LogP contribution in [0.5, 0.6) is 5.75 Å². The molecule has 0 N–H and O–H groups in total. The molecule has 2 aromatic rings. The Balaban J connectivity index is 2.19. The fourth-order valence-corrected chi connectivity index (χ4v) is 2.24. The molecule has 4 nitrogen and oxygen atoms in total. The Morgan fingerprint density at radius 2 is 2.20 bits per heavy atom. The zero-order valence-corrected chi connectivity index (χ0v) is 12.7. The third-order valence-corrected chi connectivity index (χ3v) is 3.56. The molecule has 0 aliphatic heterocycles. The lowest BCUT2D eigenvalue weighted by Crippen LogP contribution is -2.06. The Morgan fingerprint density at radius 1 is 1.40 bits per heavy atom. The summed E-state index contributed by atoms with van der Waals surface area (Å²) in [5.74, 6) is 0.454. The van der Waals surface area contributed by atoms with Gasteiger partial charge in [-0.15, -0.1) is 0 Å². The highest BCUT2D eigenvalue weighted by Gasteiger charge is 2.11. The standard InChI is InChI=1S/C14H13ClN2O2S/c1-19-13-7-9(3-4-11(13)15)12(18)8-10-5-6-16-14(17-10)20-2/h3-7H,8H2,1-2H3. The molecule has 0 radical (unpaired) electrons. The SMILES string of the molecule is COc1cc(C(=O)Cc2ccnc(SC)n2)ccc1Cl. The third kappa shape index (κ3) is 3.49. The number of hydrogen-bond donors (Lipinski definition) is 0. The molecule has 6 heteroatoms. The normalized spacial score (nSPS) is 10.3. The van der Waals surface area contributed by atoms with Gasteiger partial charge in [0, 0.05) is 11.8 Å². The highest BCUT2D eigenvalue weighted by atomic mass is 35.5. The van der Waals surface area contributed by atoms with Crippen LogP contribution in [0.2, 0.25) is 5.02 Å². The van der Waals surface area contributed by atoms with Crippen molar-refractivity contribution >= 4 is 29.1 Å². The van der Waals surface area contributed by atoms with Crippen LogP contribution in [0.3, 0.4) is 0 Å². The molecule has 0 amide bonds. The van der Waals surface area contributed by atoms with Crippen molar-refractivity contribution in [1.82, 2.24) is 9.97 Å². The van der Waals surface area contributed by atoms with Gasteiger partial charge in [-0.1, -0.05) is 23.4 Å². The van der Waals surface area contributed by atoms with Crippen LogP contribution in [0.4, 0.5) is 0 Å². The summed E-state index contributed by atoms with van der Waals surface area (Å²) < 4.78 is 5.11. The molecule has 0 spiro atoms.